The van der Waals surface area contributed by atoms with Gasteiger partial charge in [0, 0.05) is 30.3 Å². The molecular formula is C32H39NO. The predicted molar refractivity (Wildman–Crippen MR) is 145 cm³/mol. The van der Waals surface area contributed by atoms with Crippen molar-refractivity contribution in [3.8, 4) is 11.1 Å². The topological polar surface area (TPSA) is 33.1 Å². The molecule has 0 aliphatic carbocycles. The fourth-order valence-electron chi connectivity index (χ4n) is 5.01. The van der Waals surface area contributed by atoms with Crippen molar-refractivity contribution in [1.82, 2.24) is 4.98 Å². The van der Waals surface area contributed by atoms with Gasteiger partial charge in [0.2, 0.25) is 0 Å². The molecular weight excluding hydrogens is 414 g/mol. The Labute approximate surface area is 206 Å². The summed E-state index contributed by atoms with van der Waals surface area (Å²) in [5, 5.41) is 10.6. The first-order valence-electron chi connectivity index (χ1n) is 12.6. The number of hydrogen-bond acceptors (Lipinski definition) is 2. The van der Waals surface area contributed by atoms with E-state index in [0.29, 0.717) is 18.4 Å². The van der Waals surface area contributed by atoms with E-state index in [1.165, 1.54) is 27.8 Å². The van der Waals surface area contributed by atoms with Gasteiger partial charge in [-0.2, -0.15) is 0 Å². The van der Waals surface area contributed by atoms with Crippen LogP contribution in [-0.2, 0) is 5.41 Å². The van der Waals surface area contributed by atoms with Crippen LogP contribution in [-0.4, -0.2) is 15.7 Å². The normalized spacial score (nSPS) is 12.5. The van der Waals surface area contributed by atoms with Gasteiger partial charge in [0.25, 0.3) is 0 Å². The van der Waals surface area contributed by atoms with Crippen LogP contribution < -0.4 is 0 Å². The lowest BCUT2D eigenvalue weighted by atomic mass is 9.69. The number of rotatable bonds is 9. The molecule has 34 heavy (non-hydrogen) atoms. The lowest BCUT2D eigenvalue weighted by Crippen LogP contribution is -2.26. The van der Waals surface area contributed by atoms with E-state index in [1.807, 2.05) is 32.2 Å². The first kappa shape index (κ1) is 25.9. The van der Waals surface area contributed by atoms with Crippen molar-refractivity contribution in [3.05, 3.63) is 101 Å². The average molecular weight is 454 g/mol. The number of nitrogens with zero attached hydrogens (tertiary/aromatic N) is 1. The first-order chi connectivity index (χ1) is 16.2. The van der Waals surface area contributed by atoms with Crippen molar-refractivity contribution in [2.45, 2.75) is 78.2 Å². The SMILES string of the molecule is [CH]c1cncc(-c2ccc(C(CC)(CC)c3ccc(/C=C/C(O)(CC)CC)c(C)c3)cc2C)c1. The number of hydrogen-bond donors (Lipinski definition) is 1. The van der Waals surface area contributed by atoms with Crippen LogP contribution in [0.25, 0.3) is 17.2 Å². The molecule has 0 saturated carbocycles. The summed E-state index contributed by atoms with van der Waals surface area (Å²) in [7, 11) is 0. The van der Waals surface area contributed by atoms with Crippen LogP contribution in [0.5, 0.6) is 0 Å². The lowest BCUT2D eigenvalue weighted by Gasteiger charge is -2.34. The van der Waals surface area contributed by atoms with E-state index < -0.39 is 5.60 Å². The number of aromatic nitrogens is 1. The third kappa shape index (κ3) is 5.18. The largest absolute Gasteiger partial charge is 0.386 e. The number of benzene rings is 2. The number of aryl methyl sites for hydroxylation is 2. The van der Waals surface area contributed by atoms with Gasteiger partial charge in [-0.25, -0.2) is 0 Å². The molecule has 0 bridgehead atoms. The molecule has 3 rings (SSSR count). The summed E-state index contributed by atoms with van der Waals surface area (Å²) in [6, 6.07) is 15.6. The maximum Gasteiger partial charge on any atom is 0.0825 e. The Morgan fingerprint density at radius 2 is 1.44 bits per heavy atom. The molecule has 0 saturated heterocycles. The van der Waals surface area contributed by atoms with Crippen LogP contribution in [0.2, 0.25) is 0 Å². The molecule has 0 unspecified atom stereocenters. The van der Waals surface area contributed by atoms with Crippen LogP contribution >= 0.6 is 0 Å². The lowest BCUT2D eigenvalue weighted by molar-refractivity contribution is 0.0836. The van der Waals surface area contributed by atoms with Crippen LogP contribution in [0.1, 0.15) is 86.8 Å². The fraction of sp³-hybridized carbons (Fsp3) is 0.375. The average Bonchev–Trinajstić information content (AvgIpc) is 2.84. The van der Waals surface area contributed by atoms with E-state index in [-0.39, 0.29) is 5.41 Å². The molecule has 1 heterocycles. The standard InChI is InChI=1S/C32H39NO/c1-8-31(34,9-2)17-16-26-12-13-28(19-24(26)6)32(10-3,11-4)29-14-15-30(25(7)20-29)27-18-23(5)21-33-22-27/h5,12-22,34H,8-11H2,1-4,6-7H3/b17-16+. The van der Waals surface area contributed by atoms with Crippen molar-refractivity contribution < 1.29 is 5.11 Å². The van der Waals surface area contributed by atoms with Gasteiger partial charge >= 0.3 is 0 Å². The van der Waals surface area contributed by atoms with E-state index in [4.69, 9.17) is 6.92 Å². The molecule has 1 aromatic heterocycles. The summed E-state index contributed by atoms with van der Waals surface area (Å²) >= 11 is 0. The first-order valence-corrected chi connectivity index (χ1v) is 12.6. The van der Waals surface area contributed by atoms with Crippen molar-refractivity contribution >= 4 is 6.08 Å². The molecule has 2 nitrogen and oxygen atoms in total. The molecule has 3 aromatic rings. The minimum Gasteiger partial charge on any atom is -0.386 e. The van der Waals surface area contributed by atoms with Gasteiger partial charge in [0.15, 0.2) is 0 Å². The Hall–Kier alpha value is -2.71. The zero-order valence-corrected chi connectivity index (χ0v) is 21.7. The Morgan fingerprint density at radius 1 is 0.824 bits per heavy atom. The maximum absolute atomic E-state index is 10.6. The van der Waals surface area contributed by atoms with E-state index >= 15 is 0 Å². The second kappa shape index (κ2) is 10.7. The molecule has 2 radical (unpaired) electrons. The molecule has 0 spiro atoms. The second-order valence-corrected chi connectivity index (χ2v) is 9.54. The highest BCUT2D eigenvalue weighted by Gasteiger charge is 2.31. The van der Waals surface area contributed by atoms with Crippen LogP contribution in [0.3, 0.4) is 0 Å². The Balaban J connectivity index is 2.01. The van der Waals surface area contributed by atoms with Crippen LogP contribution in [0, 0.1) is 20.8 Å². The molecule has 0 fully saturated rings. The highest BCUT2D eigenvalue weighted by atomic mass is 16.3. The monoisotopic (exact) mass is 453 g/mol. The molecule has 1 N–H and O–H groups in total. The van der Waals surface area contributed by atoms with Crippen LogP contribution in [0.4, 0.5) is 0 Å². The second-order valence-electron chi connectivity index (χ2n) is 9.54. The summed E-state index contributed by atoms with van der Waals surface area (Å²) in [5.74, 6) is 0. The highest BCUT2D eigenvalue weighted by molar-refractivity contribution is 5.68. The van der Waals surface area contributed by atoms with Crippen molar-refractivity contribution in [2.75, 3.05) is 0 Å². The van der Waals surface area contributed by atoms with Crippen molar-refractivity contribution in [3.63, 3.8) is 0 Å². The third-order valence-electron chi connectivity index (χ3n) is 7.68. The Bertz CT molecular complexity index is 1150. The summed E-state index contributed by atoms with van der Waals surface area (Å²) in [4.78, 5) is 4.27. The van der Waals surface area contributed by atoms with Crippen molar-refractivity contribution in [1.29, 1.82) is 0 Å². The molecule has 178 valence electrons. The molecule has 0 atom stereocenters. The summed E-state index contributed by atoms with van der Waals surface area (Å²) in [6.45, 7) is 18.9. The predicted octanol–water partition coefficient (Wildman–Crippen LogP) is 8.10. The van der Waals surface area contributed by atoms with Gasteiger partial charge in [-0.1, -0.05) is 76.2 Å². The Kier molecular flexibility index (Phi) is 8.15. The maximum atomic E-state index is 10.6. The Morgan fingerprint density at radius 3 is 1.97 bits per heavy atom. The van der Waals surface area contributed by atoms with E-state index in [1.54, 1.807) is 6.20 Å². The third-order valence-corrected chi connectivity index (χ3v) is 7.68. The summed E-state index contributed by atoms with van der Waals surface area (Å²) in [5.41, 5.74) is 8.40. The van der Waals surface area contributed by atoms with Gasteiger partial charge in [-0.15, -0.1) is 0 Å². The number of aliphatic hydroxyl groups is 1. The molecule has 0 amide bonds. The van der Waals surface area contributed by atoms with Crippen LogP contribution in [0.15, 0.2) is 60.9 Å². The highest BCUT2D eigenvalue weighted by Crippen LogP contribution is 2.41. The van der Waals surface area contributed by atoms with Gasteiger partial charge < -0.3 is 5.11 Å². The molecule has 0 aliphatic rings. The summed E-state index contributed by atoms with van der Waals surface area (Å²) in [6.07, 6.45) is 11.0. The van der Waals surface area contributed by atoms with Crippen molar-refractivity contribution in [2.24, 2.45) is 0 Å². The zero-order chi connectivity index (χ0) is 24.9. The zero-order valence-electron chi connectivity index (χ0n) is 21.7. The van der Waals surface area contributed by atoms with Gasteiger partial charge in [-0.3, -0.25) is 4.98 Å². The van der Waals surface area contributed by atoms with Gasteiger partial charge in [0.1, 0.15) is 0 Å². The minimum absolute atomic E-state index is 0.0577. The quantitative estimate of drug-likeness (QED) is 0.355. The minimum atomic E-state index is -0.736. The molecule has 2 heteroatoms. The summed E-state index contributed by atoms with van der Waals surface area (Å²) < 4.78 is 0. The molecule has 2 aromatic carbocycles. The number of pyridine rings is 1. The fourth-order valence-corrected chi connectivity index (χ4v) is 5.01. The van der Waals surface area contributed by atoms with E-state index in [0.717, 1.165) is 24.0 Å². The van der Waals surface area contributed by atoms with Gasteiger partial charge in [-0.05, 0) is 84.5 Å². The van der Waals surface area contributed by atoms with E-state index in [2.05, 4.69) is 75.2 Å². The van der Waals surface area contributed by atoms with Gasteiger partial charge in [0.05, 0.1) is 5.60 Å². The van der Waals surface area contributed by atoms with E-state index in [9.17, 15) is 5.11 Å². The smallest absolute Gasteiger partial charge is 0.0825 e. The molecule has 0 aliphatic heterocycles.